The lowest BCUT2D eigenvalue weighted by atomic mass is 10.1. The maximum Gasteiger partial charge on any atom is 0.338 e. The Balaban J connectivity index is 1.97. The molecule has 0 unspecified atom stereocenters. The number of benzene rings is 1. The van der Waals surface area contributed by atoms with Gasteiger partial charge in [0.25, 0.3) is 0 Å². The van der Waals surface area contributed by atoms with Crippen LogP contribution in [-0.2, 0) is 11.3 Å². The highest BCUT2D eigenvalue weighted by molar-refractivity contribution is 5.88. The molecule has 3 nitrogen and oxygen atoms in total. The first-order valence-corrected chi connectivity index (χ1v) is 5.26. The molecule has 0 spiro atoms. The standard InChI is InChI=1S/C12H13FO3/c13-11-4-3-9(5-10(11)12(14)15)7-16-6-8-1-2-8/h3-5,8H,1-2,6-7H2,(H,14,15). The molecule has 1 N–H and O–H groups in total. The van der Waals surface area contributed by atoms with Gasteiger partial charge >= 0.3 is 5.97 Å². The zero-order chi connectivity index (χ0) is 11.5. The van der Waals surface area contributed by atoms with Crippen LogP contribution in [0, 0.1) is 11.7 Å². The van der Waals surface area contributed by atoms with E-state index in [0.717, 1.165) is 0 Å². The molecular weight excluding hydrogens is 211 g/mol. The van der Waals surface area contributed by atoms with Crippen molar-refractivity contribution in [2.45, 2.75) is 19.4 Å². The van der Waals surface area contributed by atoms with E-state index in [-0.39, 0.29) is 5.56 Å². The Morgan fingerprint density at radius 1 is 1.50 bits per heavy atom. The van der Waals surface area contributed by atoms with Crippen LogP contribution in [0.3, 0.4) is 0 Å². The topological polar surface area (TPSA) is 46.5 Å². The summed E-state index contributed by atoms with van der Waals surface area (Å²) in [6.45, 7) is 1.05. The van der Waals surface area contributed by atoms with Crippen molar-refractivity contribution in [3.63, 3.8) is 0 Å². The first-order valence-electron chi connectivity index (χ1n) is 5.26. The average Bonchev–Trinajstić information content (AvgIpc) is 3.04. The molecule has 0 aliphatic heterocycles. The van der Waals surface area contributed by atoms with Crippen molar-refractivity contribution in [3.05, 3.63) is 35.1 Å². The van der Waals surface area contributed by atoms with Crippen LogP contribution in [0.25, 0.3) is 0 Å². The van der Waals surface area contributed by atoms with E-state index in [9.17, 15) is 9.18 Å². The van der Waals surface area contributed by atoms with E-state index in [1.54, 1.807) is 6.07 Å². The maximum atomic E-state index is 13.1. The van der Waals surface area contributed by atoms with Crippen LogP contribution in [0.2, 0.25) is 0 Å². The second-order valence-corrected chi connectivity index (χ2v) is 4.08. The lowest BCUT2D eigenvalue weighted by Gasteiger charge is -2.05. The van der Waals surface area contributed by atoms with Gasteiger partial charge in [-0.05, 0) is 36.5 Å². The van der Waals surface area contributed by atoms with Crippen molar-refractivity contribution < 1.29 is 19.0 Å². The Labute approximate surface area is 92.9 Å². The highest BCUT2D eigenvalue weighted by Crippen LogP contribution is 2.29. The van der Waals surface area contributed by atoms with Gasteiger partial charge in [-0.15, -0.1) is 0 Å². The highest BCUT2D eigenvalue weighted by Gasteiger charge is 2.21. The lowest BCUT2D eigenvalue weighted by Crippen LogP contribution is -2.03. The van der Waals surface area contributed by atoms with Crippen LogP contribution in [0.5, 0.6) is 0 Å². The third-order valence-corrected chi connectivity index (χ3v) is 2.58. The molecule has 86 valence electrons. The van der Waals surface area contributed by atoms with Crippen molar-refractivity contribution in [2.75, 3.05) is 6.61 Å². The SMILES string of the molecule is O=C(O)c1cc(COCC2CC2)ccc1F. The summed E-state index contributed by atoms with van der Waals surface area (Å²) in [4.78, 5) is 10.7. The summed E-state index contributed by atoms with van der Waals surface area (Å²) in [6, 6.07) is 4.04. The first-order chi connectivity index (χ1) is 7.66. The van der Waals surface area contributed by atoms with E-state index in [1.807, 2.05) is 0 Å². The summed E-state index contributed by atoms with van der Waals surface area (Å²) in [6.07, 6.45) is 2.42. The number of hydrogen-bond donors (Lipinski definition) is 1. The number of rotatable bonds is 5. The van der Waals surface area contributed by atoms with Crippen molar-refractivity contribution in [3.8, 4) is 0 Å². The molecule has 0 bridgehead atoms. The Bertz CT molecular complexity index is 399. The number of carboxylic acid groups (broad SMARTS) is 1. The number of hydrogen-bond acceptors (Lipinski definition) is 2. The van der Waals surface area contributed by atoms with Crippen LogP contribution in [0.15, 0.2) is 18.2 Å². The number of aromatic carboxylic acids is 1. The van der Waals surface area contributed by atoms with E-state index in [4.69, 9.17) is 9.84 Å². The van der Waals surface area contributed by atoms with Crippen LogP contribution in [-0.4, -0.2) is 17.7 Å². The van der Waals surface area contributed by atoms with Gasteiger partial charge in [0, 0.05) is 6.61 Å². The summed E-state index contributed by atoms with van der Waals surface area (Å²) in [5.74, 6) is -1.29. The fraction of sp³-hybridized carbons (Fsp3) is 0.417. The van der Waals surface area contributed by atoms with E-state index in [0.29, 0.717) is 24.7 Å². The molecule has 1 aromatic carbocycles. The van der Waals surface area contributed by atoms with Gasteiger partial charge in [-0.25, -0.2) is 9.18 Å². The van der Waals surface area contributed by atoms with Gasteiger partial charge < -0.3 is 9.84 Å². The minimum absolute atomic E-state index is 0.299. The number of carbonyl (C=O) groups is 1. The Morgan fingerprint density at radius 3 is 2.88 bits per heavy atom. The fourth-order valence-corrected chi connectivity index (χ4v) is 1.45. The van der Waals surface area contributed by atoms with E-state index in [1.165, 1.54) is 25.0 Å². The number of carboxylic acids is 1. The van der Waals surface area contributed by atoms with Gasteiger partial charge in [0.2, 0.25) is 0 Å². The van der Waals surface area contributed by atoms with Crippen LogP contribution >= 0.6 is 0 Å². The maximum absolute atomic E-state index is 13.1. The minimum Gasteiger partial charge on any atom is -0.478 e. The molecular formula is C12H13FO3. The normalized spacial score (nSPS) is 15.1. The van der Waals surface area contributed by atoms with E-state index >= 15 is 0 Å². The molecule has 0 saturated heterocycles. The molecule has 0 heterocycles. The zero-order valence-corrected chi connectivity index (χ0v) is 8.78. The Morgan fingerprint density at radius 2 is 2.25 bits per heavy atom. The van der Waals surface area contributed by atoms with Crippen LogP contribution < -0.4 is 0 Å². The van der Waals surface area contributed by atoms with Gasteiger partial charge in [0.05, 0.1) is 12.2 Å². The monoisotopic (exact) mass is 224 g/mol. The molecule has 1 aromatic rings. The summed E-state index contributed by atoms with van der Waals surface area (Å²) in [5, 5.41) is 8.73. The van der Waals surface area contributed by atoms with Gasteiger partial charge in [-0.2, -0.15) is 0 Å². The summed E-state index contributed by atoms with van der Waals surface area (Å²) >= 11 is 0. The predicted octanol–water partition coefficient (Wildman–Crippen LogP) is 2.45. The molecule has 0 radical (unpaired) electrons. The Kier molecular flexibility index (Phi) is 3.19. The third kappa shape index (κ3) is 2.79. The second-order valence-electron chi connectivity index (χ2n) is 4.08. The van der Waals surface area contributed by atoms with Crippen molar-refractivity contribution >= 4 is 5.97 Å². The van der Waals surface area contributed by atoms with Crippen LogP contribution in [0.4, 0.5) is 4.39 Å². The smallest absolute Gasteiger partial charge is 0.338 e. The van der Waals surface area contributed by atoms with Crippen LogP contribution in [0.1, 0.15) is 28.8 Å². The minimum atomic E-state index is -1.25. The molecule has 1 aliphatic rings. The van der Waals surface area contributed by atoms with Crippen molar-refractivity contribution in [1.82, 2.24) is 0 Å². The average molecular weight is 224 g/mol. The molecule has 16 heavy (non-hydrogen) atoms. The van der Waals surface area contributed by atoms with Crippen molar-refractivity contribution in [2.24, 2.45) is 5.92 Å². The molecule has 0 atom stereocenters. The fourth-order valence-electron chi connectivity index (χ4n) is 1.45. The predicted molar refractivity (Wildman–Crippen MR) is 55.7 cm³/mol. The van der Waals surface area contributed by atoms with Gasteiger partial charge in [0.15, 0.2) is 0 Å². The highest BCUT2D eigenvalue weighted by atomic mass is 19.1. The summed E-state index contributed by atoms with van der Waals surface area (Å²) in [5.41, 5.74) is 0.395. The second kappa shape index (κ2) is 4.61. The number of ether oxygens (including phenoxy) is 1. The first kappa shape index (κ1) is 11.1. The molecule has 1 fully saturated rings. The molecule has 1 saturated carbocycles. The summed E-state index contributed by atoms with van der Waals surface area (Å²) < 4.78 is 18.5. The largest absolute Gasteiger partial charge is 0.478 e. The van der Waals surface area contributed by atoms with Crippen molar-refractivity contribution in [1.29, 1.82) is 0 Å². The number of halogens is 1. The third-order valence-electron chi connectivity index (χ3n) is 2.58. The van der Waals surface area contributed by atoms with E-state index < -0.39 is 11.8 Å². The quantitative estimate of drug-likeness (QED) is 0.835. The zero-order valence-electron chi connectivity index (χ0n) is 8.78. The molecule has 0 amide bonds. The van der Waals surface area contributed by atoms with Gasteiger partial charge in [0.1, 0.15) is 5.82 Å². The molecule has 1 aliphatic carbocycles. The molecule has 4 heteroatoms. The molecule has 0 aromatic heterocycles. The van der Waals surface area contributed by atoms with Gasteiger partial charge in [-0.1, -0.05) is 6.07 Å². The summed E-state index contributed by atoms with van der Waals surface area (Å²) in [7, 11) is 0. The molecule has 2 rings (SSSR count). The lowest BCUT2D eigenvalue weighted by molar-refractivity contribution is 0.0691. The Hall–Kier alpha value is -1.42. The van der Waals surface area contributed by atoms with E-state index in [2.05, 4.69) is 0 Å². The van der Waals surface area contributed by atoms with Gasteiger partial charge in [-0.3, -0.25) is 0 Å².